The Balaban J connectivity index is 1.84. The number of aromatic nitrogens is 2. The van der Waals surface area contributed by atoms with E-state index in [9.17, 15) is 18.0 Å². The van der Waals surface area contributed by atoms with E-state index in [4.69, 9.17) is 0 Å². The predicted molar refractivity (Wildman–Crippen MR) is 81.6 cm³/mol. The second-order valence-electron chi connectivity index (χ2n) is 4.77. The molecule has 0 spiro atoms. The number of aryl methyl sites for hydroxylation is 2. The average Bonchev–Trinajstić information content (AvgIpc) is 2.82. The summed E-state index contributed by atoms with van der Waals surface area (Å²) in [6.07, 6.45) is -3.48. The molecule has 5 nitrogen and oxygen atoms in total. The number of amides is 1. The minimum Gasteiger partial charge on any atom is -0.352 e. The fourth-order valence-corrected chi connectivity index (χ4v) is 2.82. The Morgan fingerprint density at radius 2 is 2.04 bits per heavy atom. The third kappa shape index (κ3) is 4.65. The zero-order valence-electron chi connectivity index (χ0n) is 12.5. The van der Waals surface area contributed by atoms with E-state index in [1.807, 2.05) is 13.8 Å². The predicted octanol–water partition coefficient (Wildman–Crippen LogP) is 3.02. The summed E-state index contributed by atoms with van der Waals surface area (Å²) in [5.41, 5.74) is -0.397. The Morgan fingerprint density at radius 3 is 2.65 bits per heavy atom. The molecule has 0 aromatic carbocycles. The Kier molecular flexibility index (Phi) is 5.19. The van der Waals surface area contributed by atoms with Gasteiger partial charge in [0.05, 0.1) is 5.56 Å². The van der Waals surface area contributed by atoms with Crippen LogP contribution in [-0.4, -0.2) is 29.0 Å². The van der Waals surface area contributed by atoms with Crippen LogP contribution in [0.4, 0.5) is 19.1 Å². The molecule has 0 saturated heterocycles. The first kappa shape index (κ1) is 17.2. The van der Waals surface area contributed by atoms with Crippen molar-refractivity contribution in [2.24, 2.45) is 0 Å². The fourth-order valence-electron chi connectivity index (χ4n) is 1.90. The van der Waals surface area contributed by atoms with Crippen LogP contribution in [0, 0.1) is 13.8 Å². The topological polar surface area (TPSA) is 66.9 Å². The molecule has 0 aliphatic heterocycles. The molecule has 0 aliphatic rings. The Bertz CT molecular complexity index is 700. The number of alkyl halides is 3. The third-order valence-corrected chi connectivity index (χ3v) is 3.89. The number of anilines is 1. The third-order valence-electron chi connectivity index (χ3n) is 2.93. The Morgan fingerprint density at radius 1 is 1.30 bits per heavy atom. The van der Waals surface area contributed by atoms with Gasteiger partial charge in [-0.05, 0) is 26.0 Å². The molecule has 2 aromatic rings. The molecule has 0 bridgehead atoms. The van der Waals surface area contributed by atoms with E-state index < -0.39 is 11.9 Å². The molecule has 2 rings (SSSR count). The number of thiophene rings is 1. The van der Waals surface area contributed by atoms with Crippen molar-refractivity contribution in [3.8, 4) is 0 Å². The number of carbonyl (C=O) groups is 1. The summed E-state index contributed by atoms with van der Waals surface area (Å²) in [5, 5.41) is 5.35. The fraction of sp³-hybridized carbons (Fsp3) is 0.357. The highest BCUT2D eigenvalue weighted by Gasteiger charge is 2.32. The van der Waals surface area contributed by atoms with Gasteiger partial charge in [0.25, 0.3) is 5.91 Å². The first-order chi connectivity index (χ1) is 10.8. The Labute approximate surface area is 135 Å². The number of rotatable bonds is 5. The summed E-state index contributed by atoms with van der Waals surface area (Å²) in [5.74, 6) is -0.338. The van der Waals surface area contributed by atoms with Crippen molar-refractivity contribution in [1.82, 2.24) is 15.3 Å². The largest absolute Gasteiger partial charge is 0.433 e. The summed E-state index contributed by atoms with van der Waals surface area (Å²) < 4.78 is 37.5. The van der Waals surface area contributed by atoms with E-state index in [2.05, 4.69) is 20.6 Å². The molecular formula is C14H15F3N4OS. The van der Waals surface area contributed by atoms with Gasteiger partial charge in [-0.15, -0.1) is 11.3 Å². The highest BCUT2D eigenvalue weighted by atomic mass is 32.1. The van der Waals surface area contributed by atoms with Crippen molar-refractivity contribution in [2.45, 2.75) is 20.0 Å². The van der Waals surface area contributed by atoms with Crippen LogP contribution in [0.3, 0.4) is 0 Å². The molecule has 0 saturated carbocycles. The van der Waals surface area contributed by atoms with Crippen LogP contribution in [-0.2, 0) is 6.18 Å². The maximum atomic E-state index is 12.5. The van der Waals surface area contributed by atoms with Crippen LogP contribution in [0.1, 0.15) is 25.8 Å². The minimum atomic E-state index is -4.51. The van der Waals surface area contributed by atoms with E-state index in [0.717, 1.165) is 22.0 Å². The lowest BCUT2D eigenvalue weighted by atomic mass is 10.2. The summed E-state index contributed by atoms with van der Waals surface area (Å²) >= 11 is 1.53. The second-order valence-corrected chi connectivity index (χ2v) is 6.23. The van der Waals surface area contributed by atoms with E-state index in [1.54, 1.807) is 6.07 Å². The van der Waals surface area contributed by atoms with Crippen LogP contribution >= 0.6 is 11.3 Å². The molecule has 0 aliphatic carbocycles. The standard InChI is InChI=1S/C14H15F3N4OS/c1-8-7-10(9(2)23-8)12(22)18-5-6-20-13-19-4-3-11(21-13)14(15,16)17/h3-4,7H,5-6H2,1-2H3,(H,18,22)(H,19,20,21). The molecule has 2 heterocycles. The molecule has 2 N–H and O–H groups in total. The van der Waals surface area contributed by atoms with Gasteiger partial charge in [-0.1, -0.05) is 0 Å². The van der Waals surface area contributed by atoms with E-state index in [1.165, 1.54) is 11.3 Å². The van der Waals surface area contributed by atoms with Crippen LogP contribution in [0.2, 0.25) is 0 Å². The normalized spacial score (nSPS) is 11.3. The van der Waals surface area contributed by atoms with Gasteiger partial charge >= 0.3 is 6.18 Å². The summed E-state index contributed by atoms with van der Waals surface area (Å²) in [4.78, 5) is 21.0. The summed E-state index contributed by atoms with van der Waals surface area (Å²) in [6.45, 7) is 4.24. The van der Waals surface area contributed by atoms with Crippen molar-refractivity contribution in [2.75, 3.05) is 18.4 Å². The van der Waals surface area contributed by atoms with E-state index >= 15 is 0 Å². The molecule has 0 radical (unpaired) electrons. The number of halogens is 3. The molecule has 9 heteroatoms. The van der Waals surface area contributed by atoms with E-state index in [-0.39, 0.29) is 24.9 Å². The maximum Gasteiger partial charge on any atom is 0.433 e. The van der Waals surface area contributed by atoms with Crippen LogP contribution in [0.25, 0.3) is 0 Å². The number of hydrogen-bond donors (Lipinski definition) is 2. The van der Waals surface area contributed by atoms with Crippen molar-refractivity contribution in [3.63, 3.8) is 0 Å². The monoisotopic (exact) mass is 344 g/mol. The quantitative estimate of drug-likeness (QED) is 0.818. The zero-order valence-corrected chi connectivity index (χ0v) is 13.3. The van der Waals surface area contributed by atoms with Gasteiger partial charge in [0.2, 0.25) is 5.95 Å². The minimum absolute atomic E-state index is 0.128. The van der Waals surface area contributed by atoms with Crippen LogP contribution < -0.4 is 10.6 Å². The van der Waals surface area contributed by atoms with Gasteiger partial charge in [0.1, 0.15) is 5.69 Å². The molecule has 1 amide bonds. The number of hydrogen-bond acceptors (Lipinski definition) is 5. The highest BCUT2D eigenvalue weighted by Crippen LogP contribution is 2.27. The number of nitrogens with one attached hydrogen (secondary N) is 2. The van der Waals surface area contributed by atoms with Gasteiger partial charge in [-0.25, -0.2) is 9.97 Å². The van der Waals surface area contributed by atoms with Crippen LogP contribution in [0.5, 0.6) is 0 Å². The zero-order chi connectivity index (χ0) is 17.0. The van der Waals surface area contributed by atoms with Gasteiger partial charge in [0.15, 0.2) is 0 Å². The average molecular weight is 344 g/mol. The van der Waals surface area contributed by atoms with E-state index in [0.29, 0.717) is 5.56 Å². The lowest BCUT2D eigenvalue weighted by Crippen LogP contribution is -2.29. The molecule has 0 unspecified atom stereocenters. The smallest absolute Gasteiger partial charge is 0.352 e. The maximum absolute atomic E-state index is 12.5. The SMILES string of the molecule is Cc1cc(C(=O)NCCNc2nccc(C(F)(F)F)n2)c(C)s1. The second kappa shape index (κ2) is 6.95. The first-order valence-electron chi connectivity index (χ1n) is 6.76. The molecule has 124 valence electrons. The van der Waals surface area contributed by atoms with Crippen molar-refractivity contribution >= 4 is 23.2 Å². The summed E-state index contributed by atoms with van der Waals surface area (Å²) in [7, 11) is 0. The number of carbonyl (C=O) groups excluding carboxylic acids is 1. The van der Waals surface area contributed by atoms with Gasteiger partial charge in [0, 0.05) is 29.0 Å². The highest BCUT2D eigenvalue weighted by molar-refractivity contribution is 7.12. The number of nitrogens with zero attached hydrogens (tertiary/aromatic N) is 2. The molecule has 0 atom stereocenters. The van der Waals surface area contributed by atoms with Crippen molar-refractivity contribution in [1.29, 1.82) is 0 Å². The molecular weight excluding hydrogens is 329 g/mol. The van der Waals surface area contributed by atoms with Gasteiger partial charge < -0.3 is 10.6 Å². The molecule has 2 aromatic heterocycles. The lowest BCUT2D eigenvalue weighted by molar-refractivity contribution is -0.141. The van der Waals surface area contributed by atoms with Crippen molar-refractivity contribution < 1.29 is 18.0 Å². The molecule has 0 fully saturated rings. The van der Waals surface area contributed by atoms with Crippen LogP contribution in [0.15, 0.2) is 18.3 Å². The lowest BCUT2D eigenvalue weighted by Gasteiger charge is -2.09. The van der Waals surface area contributed by atoms with Gasteiger partial charge in [-0.2, -0.15) is 13.2 Å². The van der Waals surface area contributed by atoms with Gasteiger partial charge in [-0.3, -0.25) is 4.79 Å². The van der Waals surface area contributed by atoms with Crippen molar-refractivity contribution in [3.05, 3.63) is 39.3 Å². The summed E-state index contributed by atoms with van der Waals surface area (Å²) in [6, 6.07) is 2.60. The first-order valence-corrected chi connectivity index (χ1v) is 7.58. The Hall–Kier alpha value is -2.16. The molecule has 23 heavy (non-hydrogen) atoms.